The average Bonchev–Trinajstić information content (AvgIpc) is 2.73. The van der Waals surface area contributed by atoms with Crippen molar-refractivity contribution in [3.8, 4) is 0 Å². The molecule has 2 rings (SSSR count). The maximum absolute atomic E-state index is 12.5. The lowest BCUT2D eigenvalue weighted by atomic mass is 10.3. The van der Waals surface area contributed by atoms with Gasteiger partial charge in [-0.1, -0.05) is 0 Å². The van der Waals surface area contributed by atoms with E-state index < -0.39 is 11.9 Å². The van der Waals surface area contributed by atoms with Crippen LogP contribution in [-0.2, 0) is 12.7 Å². The zero-order valence-electron chi connectivity index (χ0n) is 11.1. The molecule has 2 aromatic heterocycles. The highest BCUT2D eigenvalue weighted by Crippen LogP contribution is 2.28. The van der Waals surface area contributed by atoms with E-state index in [0.717, 1.165) is 11.8 Å². The van der Waals surface area contributed by atoms with E-state index in [0.29, 0.717) is 24.6 Å². The standard InChI is InChI=1S/C12H14F3N5/c1-8-7-10(12(13,14)15)19-20(8)6-5-18-11-9(2)16-3-4-17-11/h3-4,7H,5-6H2,1-2H3,(H,17,18). The molecule has 108 valence electrons. The Hall–Kier alpha value is -2.12. The minimum atomic E-state index is -4.41. The Kier molecular flexibility index (Phi) is 3.91. The fraction of sp³-hybridized carbons (Fsp3) is 0.417. The Balaban J connectivity index is 1.98. The molecule has 2 heterocycles. The largest absolute Gasteiger partial charge is 0.435 e. The summed E-state index contributed by atoms with van der Waals surface area (Å²) in [5.74, 6) is 0.619. The van der Waals surface area contributed by atoms with Crippen LogP contribution in [0.15, 0.2) is 18.5 Å². The maximum Gasteiger partial charge on any atom is 0.435 e. The third-order valence-corrected chi connectivity index (χ3v) is 2.77. The Morgan fingerprint density at radius 1 is 1.20 bits per heavy atom. The van der Waals surface area contributed by atoms with Crippen LogP contribution in [0.2, 0.25) is 0 Å². The first-order valence-electron chi connectivity index (χ1n) is 6.01. The molecule has 0 saturated carbocycles. The Morgan fingerprint density at radius 3 is 2.50 bits per heavy atom. The smallest absolute Gasteiger partial charge is 0.367 e. The second kappa shape index (κ2) is 5.48. The molecular weight excluding hydrogens is 271 g/mol. The van der Waals surface area contributed by atoms with Gasteiger partial charge in [0.05, 0.1) is 12.2 Å². The van der Waals surface area contributed by atoms with Crippen LogP contribution in [0.4, 0.5) is 19.0 Å². The van der Waals surface area contributed by atoms with Crippen LogP contribution in [0.25, 0.3) is 0 Å². The lowest BCUT2D eigenvalue weighted by Crippen LogP contribution is -2.15. The van der Waals surface area contributed by atoms with E-state index in [1.54, 1.807) is 26.2 Å². The van der Waals surface area contributed by atoms with Crippen LogP contribution < -0.4 is 5.32 Å². The molecule has 0 bridgehead atoms. The van der Waals surface area contributed by atoms with E-state index in [9.17, 15) is 13.2 Å². The third-order valence-electron chi connectivity index (χ3n) is 2.77. The Bertz CT molecular complexity index is 591. The number of anilines is 1. The number of rotatable bonds is 4. The van der Waals surface area contributed by atoms with Gasteiger partial charge in [-0.15, -0.1) is 0 Å². The normalized spacial score (nSPS) is 11.7. The van der Waals surface area contributed by atoms with Crippen molar-refractivity contribution >= 4 is 5.82 Å². The monoisotopic (exact) mass is 285 g/mol. The van der Waals surface area contributed by atoms with Crippen molar-refractivity contribution in [1.29, 1.82) is 0 Å². The molecule has 0 unspecified atom stereocenters. The van der Waals surface area contributed by atoms with Crippen molar-refractivity contribution in [2.75, 3.05) is 11.9 Å². The number of aromatic nitrogens is 4. The number of nitrogens with one attached hydrogen (secondary N) is 1. The van der Waals surface area contributed by atoms with Gasteiger partial charge in [0.2, 0.25) is 0 Å². The van der Waals surface area contributed by atoms with Gasteiger partial charge >= 0.3 is 6.18 Å². The Morgan fingerprint density at radius 2 is 1.90 bits per heavy atom. The van der Waals surface area contributed by atoms with Gasteiger partial charge in [0.15, 0.2) is 5.69 Å². The molecule has 8 heteroatoms. The van der Waals surface area contributed by atoms with Crippen molar-refractivity contribution in [3.63, 3.8) is 0 Å². The van der Waals surface area contributed by atoms with Crippen molar-refractivity contribution in [2.45, 2.75) is 26.6 Å². The van der Waals surface area contributed by atoms with Crippen molar-refractivity contribution in [3.05, 3.63) is 35.5 Å². The summed E-state index contributed by atoms with van der Waals surface area (Å²) < 4.78 is 38.9. The second-order valence-corrected chi connectivity index (χ2v) is 4.31. The van der Waals surface area contributed by atoms with Crippen LogP contribution in [0, 0.1) is 13.8 Å². The van der Waals surface area contributed by atoms with E-state index in [1.165, 1.54) is 4.68 Å². The van der Waals surface area contributed by atoms with Crippen molar-refractivity contribution in [1.82, 2.24) is 19.7 Å². The quantitative estimate of drug-likeness (QED) is 0.937. The van der Waals surface area contributed by atoms with E-state index >= 15 is 0 Å². The number of hydrogen-bond donors (Lipinski definition) is 1. The predicted molar refractivity (Wildman–Crippen MR) is 67.2 cm³/mol. The summed E-state index contributed by atoms with van der Waals surface area (Å²) >= 11 is 0. The third kappa shape index (κ3) is 3.25. The minimum absolute atomic E-state index is 0.317. The van der Waals surface area contributed by atoms with Crippen molar-refractivity contribution < 1.29 is 13.2 Å². The summed E-state index contributed by atoms with van der Waals surface area (Å²) in [6.45, 7) is 4.13. The molecule has 0 atom stereocenters. The van der Waals surface area contributed by atoms with E-state index in [-0.39, 0.29) is 0 Å². The van der Waals surface area contributed by atoms with E-state index in [2.05, 4.69) is 20.4 Å². The van der Waals surface area contributed by atoms with Crippen molar-refractivity contribution in [2.24, 2.45) is 0 Å². The SMILES string of the molecule is Cc1nccnc1NCCn1nc(C(F)(F)F)cc1C. The zero-order valence-corrected chi connectivity index (χ0v) is 11.1. The van der Waals surface area contributed by atoms with Gasteiger partial charge in [0, 0.05) is 24.6 Å². The lowest BCUT2D eigenvalue weighted by molar-refractivity contribution is -0.141. The molecule has 0 spiro atoms. The van der Waals surface area contributed by atoms with Gasteiger partial charge in [-0.05, 0) is 19.9 Å². The molecule has 0 radical (unpaired) electrons. The zero-order chi connectivity index (χ0) is 14.8. The van der Waals surface area contributed by atoms with Crippen LogP contribution in [0.5, 0.6) is 0 Å². The number of hydrogen-bond acceptors (Lipinski definition) is 4. The molecule has 5 nitrogen and oxygen atoms in total. The average molecular weight is 285 g/mol. The summed E-state index contributed by atoms with van der Waals surface area (Å²) in [7, 11) is 0. The molecule has 0 aliphatic carbocycles. The summed E-state index contributed by atoms with van der Waals surface area (Å²) in [6, 6.07) is 1.04. The van der Waals surface area contributed by atoms with Gasteiger partial charge in [0.25, 0.3) is 0 Å². The first-order chi connectivity index (χ1) is 9.38. The minimum Gasteiger partial charge on any atom is -0.367 e. The second-order valence-electron chi connectivity index (χ2n) is 4.31. The highest BCUT2D eigenvalue weighted by molar-refractivity contribution is 5.37. The first-order valence-corrected chi connectivity index (χ1v) is 6.01. The van der Waals surface area contributed by atoms with Crippen LogP contribution in [0.3, 0.4) is 0 Å². The molecule has 20 heavy (non-hydrogen) atoms. The molecule has 0 aliphatic heterocycles. The summed E-state index contributed by atoms with van der Waals surface area (Å²) in [4.78, 5) is 8.16. The fourth-order valence-corrected chi connectivity index (χ4v) is 1.74. The first kappa shape index (κ1) is 14.3. The molecular formula is C12H14F3N5. The molecule has 2 aromatic rings. The van der Waals surface area contributed by atoms with Crippen LogP contribution >= 0.6 is 0 Å². The Labute approximate surface area is 113 Å². The number of halogens is 3. The molecule has 1 N–H and O–H groups in total. The van der Waals surface area contributed by atoms with Gasteiger partial charge in [0.1, 0.15) is 5.82 Å². The molecule has 0 aromatic carbocycles. The van der Waals surface area contributed by atoms with Gasteiger partial charge in [-0.25, -0.2) is 4.98 Å². The topological polar surface area (TPSA) is 55.6 Å². The summed E-state index contributed by atoms with van der Waals surface area (Å²) in [5.41, 5.74) is 0.335. The van der Waals surface area contributed by atoms with Gasteiger partial charge in [-0.2, -0.15) is 18.3 Å². The molecule has 0 fully saturated rings. The summed E-state index contributed by atoms with van der Waals surface area (Å²) in [5, 5.41) is 6.57. The molecule has 0 saturated heterocycles. The highest BCUT2D eigenvalue weighted by Gasteiger charge is 2.34. The highest BCUT2D eigenvalue weighted by atomic mass is 19.4. The number of alkyl halides is 3. The lowest BCUT2D eigenvalue weighted by Gasteiger charge is -2.08. The van der Waals surface area contributed by atoms with Gasteiger partial charge < -0.3 is 5.32 Å². The van der Waals surface area contributed by atoms with Crippen LogP contribution in [-0.4, -0.2) is 26.3 Å². The molecule has 0 aliphatic rings. The van der Waals surface area contributed by atoms with E-state index in [1.807, 2.05) is 0 Å². The van der Waals surface area contributed by atoms with E-state index in [4.69, 9.17) is 0 Å². The summed E-state index contributed by atoms with van der Waals surface area (Å²) in [6.07, 6.45) is -1.28. The fourth-order valence-electron chi connectivity index (χ4n) is 1.74. The maximum atomic E-state index is 12.5. The number of nitrogens with zero attached hydrogens (tertiary/aromatic N) is 4. The van der Waals surface area contributed by atoms with Gasteiger partial charge in [-0.3, -0.25) is 9.67 Å². The number of aryl methyl sites for hydroxylation is 2. The van der Waals surface area contributed by atoms with Crippen LogP contribution in [0.1, 0.15) is 17.1 Å². The predicted octanol–water partition coefficient (Wildman–Crippen LogP) is 2.42. The molecule has 0 amide bonds.